The number of hydrogen-bond donors (Lipinski definition) is 0. The molecule has 1 saturated heterocycles. The fraction of sp³-hybridized carbons (Fsp3) is 0.562. The monoisotopic (exact) mass is 340 g/mol. The van der Waals surface area contributed by atoms with Crippen LogP contribution in [-0.2, 0) is 14.8 Å². The first kappa shape index (κ1) is 17.7. The van der Waals surface area contributed by atoms with Gasteiger partial charge in [-0.1, -0.05) is 25.5 Å². The van der Waals surface area contributed by atoms with Gasteiger partial charge in [0.25, 0.3) is 0 Å². The maximum atomic E-state index is 12.2. The molecule has 1 heterocycles. The molecule has 1 aliphatic heterocycles. The van der Waals surface area contributed by atoms with E-state index >= 15 is 0 Å². The highest BCUT2D eigenvalue weighted by molar-refractivity contribution is 7.89. The molecule has 0 N–H and O–H groups in total. The zero-order valence-corrected chi connectivity index (χ0v) is 14.5. The molecule has 0 unspecified atom stereocenters. The fourth-order valence-corrected chi connectivity index (χ4v) is 4.33. The van der Waals surface area contributed by atoms with Crippen molar-refractivity contribution < 1.29 is 17.9 Å². The average molecular weight is 340 g/mol. The smallest absolute Gasteiger partial charge is 0.339 e. The molecule has 1 aliphatic rings. The summed E-state index contributed by atoms with van der Waals surface area (Å²) >= 11 is 0. The standard InChI is InChI=1S/C16H24N2O4S/c1-3-4-13-23(20,21)18-11-9-17(10-12-18)15-8-6-5-7-14(15)16(19)22-2/h5-8H,3-4,9-13H2,1-2H3. The van der Waals surface area contributed by atoms with Gasteiger partial charge in [-0.15, -0.1) is 0 Å². The van der Waals surface area contributed by atoms with E-state index in [-0.39, 0.29) is 11.7 Å². The highest BCUT2D eigenvalue weighted by atomic mass is 32.2. The highest BCUT2D eigenvalue weighted by Gasteiger charge is 2.27. The molecule has 0 spiro atoms. The largest absolute Gasteiger partial charge is 0.465 e. The van der Waals surface area contributed by atoms with E-state index < -0.39 is 10.0 Å². The van der Waals surface area contributed by atoms with Crippen LogP contribution in [0.3, 0.4) is 0 Å². The molecule has 23 heavy (non-hydrogen) atoms. The maximum Gasteiger partial charge on any atom is 0.339 e. The van der Waals surface area contributed by atoms with Crippen LogP contribution in [0.15, 0.2) is 24.3 Å². The lowest BCUT2D eigenvalue weighted by molar-refractivity contribution is 0.0601. The van der Waals surface area contributed by atoms with Crippen LogP contribution in [-0.4, -0.2) is 57.7 Å². The first-order valence-electron chi connectivity index (χ1n) is 7.89. The van der Waals surface area contributed by atoms with E-state index in [1.165, 1.54) is 7.11 Å². The quantitative estimate of drug-likeness (QED) is 0.738. The molecule has 0 saturated carbocycles. The number of carbonyl (C=O) groups is 1. The zero-order valence-electron chi connectivity index (χ0n) is 13.7. The third-order valence-electron chi connectivity index (χ3n) is 4.04. The normalized spacial score (nSPS) is 16.3. The number of benzene rings is 1. The van der Waals surface area contributed by atoms with Gasteiger partial charge in [0.05, 0.1) is 24.1 Å². The van der Waals surface area contributed by atoms with Gasteiger partial charge in [0.2, 0.25) is 10.0 Å². The van der Waals surface area contributed by atoms with Crippen molar-refractivity contribution in [1.29, 1.82) is 0 Å². The third kappa shape index (κ3) is 4.23. The molecule has 6 nitrogen and oxygen atoms in total. The van der Waals surface area contributed by atoms with Gasteiger partial charge in [-0.25, -0.2) is 13.2 Å². The van der Waals surface area contributed by atoms with Crippen LogP contribution < -0.4 is 4.90 Å². The molecule has 128 valence electrons. The maximum absolute atomic E-state index is 12.2. The Balaban J connectivity index is 2.07. The number of nitrogens with zero attached hydrogens (tertiary/aromatic N) is 2. The number of carbonyl (C=O) groups excluding carboxylic acids is 1. The van der Waals surface area contributed by atoms with Crippen LogP contribution in [0, 0.1) is 0 Å². The summed E-state index contributed by atoms with van der Waals surface area (Å²) < 4.78 is 30.9. The van der Waals surface area contributed by atoms with Gasteiger partial charge in [0, 0.05) is 26.2 Å². The molecule has 0 bridgehead atoms. The molecular weight excluding hydrogens is 316 g/mol. The molecule has 0 aromatic heterocycles. The summed E-state index contributed by atoms with van der Waals surface area (Å²) in [6, 6.07) is 7.26. The predicted molar refractivity (Wildman–Crippen MR) is 90.3 cm³/mol. The topological polar surface area (TPSA) is 66.9 Å². The van der Waals surface area contributed by atoms with E-state index in [0.717, 1.165) is 12.1 Å². The van der Waals surface area contributed by atoms with Crippen LogP contribution in [0.2, 0.25) is 0 Å². The minimum atomic E-state index is -3.17. The van der Waals surface area contributed by atoms with Crippen molar-refractivity contribution in [1.82, 2.24) is 4.31 Å². The predicted octanol–water partition coefficient (Wildman–Crippen LogP) is 1.73. The Morgan fingerprint density at radius 1 is 1.17 bits per heavy atom. The zero-order chi connectivity index (χ0) is 16.9. The van der Waals surface area contributed by atoms with E-state index in [4.69, 9.17) is 4.74 Å². The molecule has 7 heteroatoms. The summed E-state index contributed by atoms with van der Waals surface area (Å²) in [6.07, 6.45) is 1.55. The van der Waals surface area contributed by atoms with Gasteiger partial charge < -0.3 is 9.64 Å². The second-order valence-corrected chi connectivity index (χ2v) is 7.65. The number of esters is 1. The fourth-order valence-electron chi connectivity index (χ4n) is 2.69. The van der Waals surface area contributed by atoms with Crippen molar-refractivity contribution in [2.24, 2.45) is 0 Å². The van der Waals surface area contributed by atoms with E-state index in [1.54, 1.807) is 16.4 Å². The Labute approximate surface area is 138 Å². The van der Waals surface area contributed by atoms with Gasteiger partial charge in [-0.2, -0.15) is 4.31 Å². The van der Waals surface area contributed by atoms with Crippen molar-refractivity contribution in [3.8, 4) is 0 Å². The lowest BCUT2D eigenvalue weighted by atomic mass is 10.1. The molecule has 0 aliphatic carbocycles. The number of methoxy groups -OCH3 is 1. The second-order valence-electron chi connectivity index (χ2n) is 5.56. The minimum absolute atomic E-state index is 0.211. The average Bonchev–Trinajstić information content (AvgIpc) is 2.59. The summed E-state index contributed by atoms with van der Waals surface area (Å²) in [5, 5.41) is 0. The first-order valence-corrected chi connectivity index (χ1v) is 9.50. The van der Waals surface area contributed by atoms with Crippen molar-refractivity contribution in [2.75, 3.05) is 43.9 Å². The number of para-hydroxylation sites is 1. The minimum Gasteiger partial charge on any atom is -0.465 e. The third-order valence-corrected chi connectivity index (χ3v) is 5.99. The van der Waals surface area contributed by atoms with Crippen LogP contribution in [0.5, 0.6) is 0 Å². The molecule has 2 rings (SSSR count). The van der Waals surface area contributed by atoms with Crippen LogP contribution in [0.1, 0.15) is 30.1 Å². The van der Waals surface area contributed by atoms with Crippen LogP contribution in [0.4, 0.5) is 5.69 Å². The molecule has 1 fully saturated rings. The number of hydrogen-bond acceptors (Lipinski definition) is 5. The summed E-state index contributed by atoms with van der Waals surface area (Å²) in [7, 11) is -1.81. The highest BCUT2D eigenvalue weighted by Crippen LogP contribution is 2.23. The Morgan fingerprint density at radius 2 is 1.83 bits per heavy atom. The van der Waals surface area contributed by atoms with Gasteiger partial charge in [-0.05, 0) is 18.6 Å². The van der Waals surface area contributed by atoms with E-state index in [9.17, 15) is 13.2 Å². The van der Waals surface area contributed by atoms with Crippen LogP contribution >= 0.6 is 0 Å². The van der Waals surface area contributed by atoms with Gasteiger partial charge in [0.15, 0.2) is 0 Å². The molecular formula is C16H24N2O4S. The molecule has 1 aromatic carbocycles. The molecule has 0 radical (unpaired) electrons. The number of sulfonamides is 1. The summed E-state index contributed by atoms with van der Waals surface area (Å²) in [5.74, 6) is -0.166. The van der Waals surface area contributed by atoms with Gasteiger partial charge in [0.1, 0.15) is 0 Å². The number of piperazine rings is 1. The number of anilines is 1. The Bertz CT molecular complexity index is 637. The summed E-state index contributed by atoms with van der Waals surface area (Å²) in [5.41, 5.74) is 1.31. The Hall–Kier alpha value is -1.60. The molecule has 0 amide bonds. The van der Waals surface area contributed by atoms with Crippen molar-refractivity contribution in [3.63, 3.8) is 0 Å². The second kappa shape index (κ2) is 7.79. The number of unbranched alkanes of at least 4 members (excludes halogenated alkanes) is 1. The van der Waals surface area contributed by atoms with Crippen molar-refractivity contribution in [2.45, 2.75) is 19.8 Å². The Morgan fingerprint density at radius 3 is 2.43 bits per heavy atom. The van der Waals surface area contributed by atoms with Crippen molar-refractivity contribution in [3.05, 3.63) is 29.8 Å². The van der Waals surface area contributed by atoms with Gasteiger partial charge in [-0.3, -0.25) is 0 Å². The Kier molecular flexibility index (Phi) is 6.01. The van der Waals surface area contributed by atoms with Crippen molar-refractivity contribution >= 4 is 21.7 Å². The van der Waals surface area contributed by atoms with E-state index in [0.29, 0.717) is 38.2 Å². The summed E-state index contributed by atoms with van der Waals surface area (Å²) in [4.78, 5) is 13.9. The molecule has 1 aromatic rings. The van der Waals surface area contributed by atoms with E-state index in [2.05, 4.69) is 0 Å². The lowest BCUT2D eigenvalue weighted by Gasteiger charge is -2.36. The van der Waals surface area contributed by atoms with E-state index in [1.807, 2.05) is 24.0 Å². The summed E-state index contributed by atoms with van der Waals surface area (Å²) in [6.45, 7) is 4.01. The SMILES string of the molecule is CCCCS(=O)(=O)N1CCN(c2ccccc2C(=O)OC)CC1. The van der Waals surface area contributed by atoms with Crippen LogP contribution in [0.25, 0.3) is 0 Å². The number of rotatable bonds is 6. The molecule has 0 atom stereocenters. The first-order chi connectivity index (χ1) is 11.0. The lowest BCUT2D eigenvalue weighted by Crippen LogP contribution is -2.49. The number of ether oxygens (including phenoxy) is 1. The van der Waals surface area contributed by atoms with Gasteiger partial charge >= 0.3 is 5.97 Å².